The lowest BCUT2D eigenvalue weighted by Crippen LogP contribution is -1.95. The molecule has 0 aromatic carbocycles. The standard InChI is InChI=1S/C6H7ClO2/c7-4-5(8)6-2-1-3-9-6/h1-3,5,8H,4H2/t5-/m0/s1. The summed E-state index contributed by atoms with van der Waals surface area (Å²) in [5, 5.41) is 8.99. The molecule has 3 heteroatoms. The van der Waals surface area contributed by atoms with E-state index in [-0.39, 0.29) is 5.88 Å². The van der Waals surface area contributed by atoms with Crippen LogP contribution in [0.4, 0.5) is 0 Å². The summed E-state index contributed by atoms with van der Waals surface area (Å²) < 4.78 is 4.85. The topological polar surface area (TPSA) is 33.4 Å². The van der Waals surface area contributed by atoms with E-state index in [0.717, 1.165) is 0 Å². The zero-order valence-corrected chi connectivity index (χ0v) is 5.51. The van der Waals surface area contributed by atoms with Crippen molar-refractivity contribution >= 4 is 11.6 Å². The molecule has 0 spiro atoms. The van der Waals surface area contributed by atoms with Gasteiger partial charge in [0.2, 0.25) is 0 Å². The summed E-state index contributed by atoms with van der Waals surface area (Å²) in [5.74, 6) is 0.693. The van der Waals surface area contributed by atoms with E-state index in [1.165, 1.54) is 6.26 Å². The number of aliphatic hydroxyl groups excluding tert-OH is 1. The molecular weight excluding hydrogens is 140 g/mol. The maximum absolute atomic E-state index is 8.99. The van der Waals surface area contributed by atoms with Crippen molar-refractivity contribution < 1.29 is 9.52 Å². The molecule has 1 aromatic heterocycles. The first-order valence-electron chi connectivity index (χ1n) is 2.62. The van der Waals surface area contributed by atoms with Gasteiger partial charge in [0.15, 0.2) is 0 Å². The molecule has 9 heavy (non-hydrogen) atoms. The van der Waals surface area contributed by atoms with Gasteiger partial charge in [-0.1, -0.05) is 0 Å². The fraction of sp³-hybridized carbons (Fsp3) is 0.333. The number of aliphatic hydroxyl groups is 1. The predicted molar refractivity (Wildman–Crippen MR) is 34.4 cm³/mol. The smallest absolute Gasteiger partial charge is 0.133 e. The highest BCUT2D eigenvalue weighted by molar-refractivity contribution is 6.18. The molecule has 0 aliphatic carbocycles. The van der Waals surface area contributed by atoms with E-state index in [4.69, 9.17) is 21.1 Å². The van der Waals surface area contributed by atoms with Gasteiger partial charge in [-0.15, -0.1) is 11.6 Å². The van der Waals surface area contributed by atoms with Crippen molar-refractivity contribution in [3.05, 3.63) is 24.2 Å². The van der Waals surface area contributed by atoms with E-state index in [0.29, 0.717) is 5.76 Å². The van der Waals surface area contributed by atoms with Crippen LogP contribution < -0.4 is 0 Å². The summed E-state index contributed by atoms with van der Waals surface area (Å²) in [6.07, 6.45) is 0.840. The molecule has 1 rings (SSSR count). The summed E-state index contributed by atoms with van der Waals surface area (Å²) in [6.45, 7) is 0. The highest BCUT2D eigenvalue weighted by Gasteiger charge is 2.06. The van der Waals surface area contributed by atoms with Crippen molar-refractivity contribution in [2.24, 2.45) is 0 Å². The summed E-state index contributed by atoms with van der Waals surface area (Å²) in [5.41, 5.74) is 0. The second kappa shape index (κ2) is 2.90. The van der Waals surface area contributed by atoms with Crippen molar-refractivity contribution in [2.75, 3.05) is 5.88 Å². The van der Waals surface area contributed by atoms with Crippen molar-refractivity contribution in [3.63, 3.8) is 0 Å². The maximum Gasteiger partial charge on any atom is 0.133 e. The molecule has 0 unspecified atom stereocenters. The summed E-state index contributed by atoms with van der Waals surface area (Å²) in [7, 11) is 0. The number of halogens is 1. The van der Waals surface area contributed by atoms with Gasteiger partial charge in [-0.05, 0) is 12.1 Å². The minimum atomic E-state index is -0.665. The van der Waals surface area contributed by atoms with Gasteiger partial charge in [0.05, 0.1) is 12.1 Å². The Hall–Kier alpha value is -0.470. The van der Waals surface area contributed by atoms with E-state index in [1.54, 1.807) is 12.1 Å². The Morgan fingerprint density at radius 2 is 2.56 bits per heavy atom. The molecule has 0 radical (unpaired) electrons. The number of rotatable bonds is 2. The zero-order chi connectivity index (χ0) is 6.69. The molecule has 0 fully saturated rings. The van der Waals surface area contributed by atoms with Gasteiger partial charge >= 0.3 is 0 Å². The molecule has 0 saturated heterocycles. The predicted octanol–water partition coefficient (Wildman–Crippen LogP) is 1.55. The van der Waals surface area contributed by atoms with Crippen LogP contribution in [0.15, 0.2) is 22.8 Å². The first-order chi connectivity index (χ1) is 4.34. The second-order valence-corrected chi connectivity index (χ2v) is 1.99. The Kier molecular flexibility index (Phi) is 2.14. The lowest BCUT2D eigenvalue weighted by Gasteiger charge is -1.99. The van der Waals surface area contributed by atoms with E-state index < -0.39 is 6.10 Å². The third-order valence-electron chi connectivity index (χ3n) is 1.02. The Morgan fingerprint density at radius 3 is 3.00 bits per heavy atom. The Balaban J connectivity index is 2.65. The van der Waals surface area contributed by atoms with Crippen molar-refractivity contribution in [2.45, 2.75) is 6.10 Å². The highest BCUT2D eigenvalue weighted by Crippen LogP contribution is 2.13. The molecule has 1 N–H and O–H groups in total. The first kappa shape index (κ1) is 6.65. The maximum atomic E-state index is 8.99. The summed E-state index contributed by atoms with van der Waals surface area (Å²) in [4.78, 5) is 0. The quantitative estimate of drug-likeness (QED) is 0.643. The first-order valence-corrected chi connectivity index (χ1v) is 3.15. The average molecular weight is 147 g/mol. The third kappa shape index (κ3) is 1.47. The van der Waals surface area contributed by atoms with Gasteiger partial charge < -0.3 is 9.52 Å². The lowest BCUT2D eigenvalue weighted by molar-refractivity contribution is 0.172. The third-order valence-corrected chi connectivity index (χ3v) is 1.31. The minimum absolute atomic E-state index is 0.174. The zero-order valence-electron chi connectivity index (χ0n) is 4.75. The van der Waals surface area contributed by atoms with Crippen LogP contribution in [0.25, 0.3) is 0 Å². The molecule has 1 atom stereocenters. The Labute approximate surface area is 58.1 Å². The van der Waals surface area contributed by atoms with Crippen LogP contribution >= 0.6 is 11.6 Å². The van der Waals surface area contributed by atoms with E-state index in [1.807, 2.05) is 0 Å². The van der Waals surface area contributed by atoms with Gasteiger partial charge in [0.1, 0.15) is 11.9 Å². The van der Waals surface area contributed by atoms with Crippen molar-refractivity contribution in [1.82, 2.24) is 0 Å². The van der Waals surface area contributed by atoms with Gasteiger partial charge in [0.25, 0.3) is 0 Å². The van der Waals surface area contributed by atoms with E-state index in [9.17, 15) is 0 Å². The minimum Gasteiger partial charge on any atom is -0.467 e. The number of hydrogen-bond donors (Lipinski definition) is 1. The van der Waals surface area contributed by atoms with Gasteiger partial charge in [-0.25, -0.2) is 0 Å². The SMILES string of the molecule is O[C@@H](CCl)c1ccco1. The number of furan rings is 1. The van der Waals surface area contributed by atoms with Gasteiger partial charge in [-0.3, -0.25) is 0 Å². The monoisotopic (exact) mass is 146 g/mol. The van der Waals surface area contributed by atoms with E-state index in [2.05, 4.69) is 0 Å². The van der Waals surface area contributed by atoms with Crippen LogP contribution in [0.2, 0.25) is 0 Å². The van der Waals surface area contributed by atoms with Crippen LogP contribution in [-0.4, -0.2) is 11.0 Å². The van der Waals surface area contributed by atoms with Crippen LogP contribution in [0.5, 0.6) is 0 Å². The molecule has 0 amide bonds. The normalized spacial score (nSPS) is 13.6. The largest absolute Gasteiger partial charge is 0.467 e. The van der Waals surface area contributed by atoms with Crippen LogP contribution in [0.3, 0.4) is 0 Å². The molecule has 50 valence electrons. The van der Waals surface area contributed by atoms with Crippen LogP contribution in [0.1, 0.15) is 11.9 Å². The highest BCUT2D eigenvalue weighted by atomic mass is 35.5. The van der Waals surface area contributed by atoms with Crippen LogP contribution in [-0.2, 0) is 0 Å². The van der Waals surface area contributed by atoms with Crippen molar-refractivity contribution in [3.8, 4) is 0 Å². The second-order valence-electron chi connectivity index (χ2n) is 1.69. The molecule has 2 nitrogen and oxygen atoms in total. The summed E-state index contributed by atoms with van der Waals surface area (Å²) >= 11 is 5.33. The summed E-state index contributed by atoms with van der Waals surface area (Å²) in [6, 6.07) is 3.40. The van der Waals surface area contributed by atoms with E-state index >= 15 is 0 Å². The van der Waals surface area contributed by atoms with Gasteiger partial charge in [-0.2, -0.15) is 0 Å². The molecule has 0 bridgehead atoms. The molecule has 1 aromatic rings. The fourth-order valence-electron chi connectivity index (χ4n) is 0.557. The van der Waals surface area contributed by atoms with Gasteiger partial charge in [0, 0.05) is 0 Å². The molecular formula is C6H7ClO2. The molecule has 0 aliphatic heterocycles. The number of hydrogen-bond acceptors (Lipinski definition) is 2. The Bertz CT molecular complexity index is 160. The van der Waals surface area contributed by atoms with Crippen molar-refractivity contribution in [1.29, 1.82) is 0 Å². The fourth-order valence-corrected chi connectivity index (χ4v) is 0.709. The Morgan fingerprint density at radius 1 is 1.78 bits per heavy atom. The van der Waals surface area contributed by atoms with Crippen LogP contribution in [0, 0.1) is 0 Å². The lowest BCUT2D eigenvalue weighted by atomic mass is 10.3. The molecule has 0 aliphatic rings. The average Bonchev–Trinajstić information content (AvgIpc) is 2.37. The number of alkyl halides is 1. The molecule has 1 heterocycles. The molecule has 0 saturated carbocycles.